The molecule has 3 N–H and O–H groups in total. The minimum Gasteiger partial charge on any atom is -0.399 e. The summed E-state index contributed by atoms with van der Waals surface area (Å²) in [5.41, 5.74) is 9.05. The van der Waals surface area contributed by atoms with E-state index in [1.54, 1.807) is 18.2 Å². The quantitative estimate of drug-likeness (QED) is 0.511. The average Bonchev–Trinajstić information content (AvgIpc) is 3.24. The molecule has 3 aromatic carbocycles. The van der Waals surface area contributed by atoms with Crippen LogP contribution in [0.5, 0.6) is 0 Å². The Hall–Kier alpha value is -3.97. The molecule has 1 saturated heterocycles. The third-order valence-electron chi connectivity index (χ3n) is 6.55. The molecule has 3 aromatic rings. The first-order valence-electron chi connectivity index (χ1n) is 11.5. The summed E-state index contributed by atoms with van der Waals surface area (Å²) in [4.78, 5) is 33.1. The van der Waals surface area contributed by atoms with Crippen LogP contribution in [0.3, 0.4) is 0 Å². The molecular formula is C28H29N3O4. The highest BCUT2D eigenvalue weighted by Gasteiger charge is 2.52. The standard InChI is InChI=1S/C28H29N3O4/c1-19-15-22(13-14-24(19)20-9-5-3-6-10-20)26(33)31-18-23(30-35-2)16-28(31,27(29)34)17-25(32)21-11-7-4-8-12-21/h3-15,25,32H,16-18H2,1-2H3,(H2,29,34)/t25-,28-/m0/s1. The third kappa shape index (κ3) is 4.81. The summed E-state index contributed by atoms with van der Waals surface area (Å²) in [6, 6.07) is 24.4. The number of hydrogen-bond acceptors (Lipinski definition) is 5. The topological polar surface area (TPSA) is 105 Å². The third-order valence-corrected chi connectivity index (χ3v) is 6.55. The van der Waals surface area contributed by atoms with Crippen molar-refractivity contribution < 1.29 is 19.5 Å². The van der Waals surface area contributed by atoms with Crippen LogP contribution in [-0.2, 0) is 9.63 Å². The fraction of sp³-hybridized carbons (Fsp3) is 0.250. The summed E-state index contributed by atoms with van der Waals surface area (Å²) in [5, 5.41) is 15.0. The molecule has 0 unspecified atom stereocenters. The van der Waals surface area contributed by atoms with E-state index in [0.717, 1.165) is 16.7 Å². The van der Waals surface area contributed by atoms with Gasteiger partial charge in [-0.15, -0.1) is 0 Å². The van der Waals surface area contributed by atoms with Gasteiger partial charge >= 0.3 is 0 Å². The summed E-state index contributed by atoms with van der Waals surface area (Å²) >= 11 is 0. The van der Waals surface area contributed by atoms with E-state index in [9.17, 15) is 14.7 Å². The van der Waals surface area contributed by atoms with Gasteiger partial charge in [-0.1, -0.05) is 71.9 Å². The lowest BCUT2D eigenvalue weighted by Crippen LogP contribution is -2.56. The predicted molar refractivity (Wildman–Crippen MR) is 135 cm³/mol. The van der Waals surface area contributed by atoms with Gasteiger partial charge in [0, 0.05) is 18.4 Å². The number of oxime groups is 1. The van der Waals surface area contributed by atoms with Crippen LogP contribution in [0.2, 0.25) is 0 Å². The van der Waals surface area contributed by atoms with Gasteiger partial charge in [0.2, 0.25) is 5.91 Å². The monoisotopic (exact) mass is 471 g/mol. The van der Waals surface area contributed by atoms with E-state index < -0.39 is 17.6 Å². The second-order valence-corrected chi connectivity index (χ2v) is 8.83. The van der Waals surface area contributed by atoms with E-state index >= 15 is 0 Å². The van der Waals surface area contributed by atoms with Crippen molar-refractivity contribution in [3.05, 3.63) is 95.6 Å². The molecular weight excluding hydrogens is 442 g/mol. The van der Waals surface area contributed by atoms with Gasteiger partial charge in [0.15, 0.2) is 0 Å². The number of carbonyl (C=O) groups excluding carboxylic acids is 2. The smallest absolute Gasteiger partial charge is 0.255 e. The molecule has 0 aliphatic carbocycles. The lowest BCUT2D eigenvalue weighted by molar-refractivity contribution is -0.129. The molecule has 0 spiro atoms. The van der Waals surface area contributed by atoms with Crippen LogP contribution in [0.4, 0.5) is 0 Å². The number of primary amides is 1. The minimum absolute atomic E-state index is 0.0537. The Morgan fingerprint density at radius 3 is 2.34 bits per heavy atom. The fourth-order valence-electron chi connectivity index (χ4n) is 4.79. The van der Waals surface area contributed by atoms with Crippen LogP contribution in [0, 0.1) is 6.92 Å². The summed E-state index contributed by atoms with van der Waals surface area (Å²) < 4.78 is 0. The molecule has 7 heteroatoms. The van der Waals surface area contributed by atoms with Gasteiger partial charge in [-0.25, -0.2) is 0 Å². The first kappa shape index (κ1) is 24.2. The van der Waals surface area contributed by atoms with Gasteiger partial charge in [0.05, 0.1) is 18.4 Å². The van der Waals surface area contributed by atoms with Crippen molar-refractivity contribution in [2.45, 2.75) is 31.4 Å². The molecule has 0 aromatic heterocycles. The number of hydrogen-bond donors (Lipinski definition) is 2. The zero-order valence-corrected chi connectivity index (χ0v) is 19.8. The van der Waals surface area contributed by atoms with Crippen molar-refractivity contribution in [2.24, 2.45) is 10.9 Å². The van der Waals surface area contributed by atoms with E-state index in [-0.39, 0.29) is 25.3 Å². The molecule has 7 nitrogen and oxygen atoms in total. The van der Waals surface area contributed by atoms with Crippen molar-refractivity contribution >= 4 is 17.5 Å². The van der Waals surface area contributed by atoms with E-state index in [1.165, 1.54) is 12.0 Å². The maximum absolute atomic E-state index is 13.8. The van der Waals surface area contributed by atoms with Gasteiger partial charge in [-0.3, -0.25) is 9.59 Å². The van der Waals surface area contributed by atoms with Crippen LogP contribution in [-0.4, -0.2) is 46.7 Å². The molecule has 4 rings (SSSR count). The summed E-state index contributed by atoms with van der Waals surface area (Å²) in [6.45, 7) is 2.03. The Labute approximate surface area is 204 Å². The number of aliphatic hydroxyl groups excluding tert-OH is 1. The van der Waals surface area contributed by atoms with Gasteiger partial charge in [-0.05, 0) is 41.3 Å². The second kappa shape index (κ2) is 10.1. The Balaban J connectivity index is 1.71. The van der Waals surface area contributed by atoms with Crippen molar-refractivity contribution in [3.8, 4) is 11.1 Å². The lowest BCUT2D eigenvalue weighted by atomic mass is 9.85. The molecule has 1 fully saturated rings. The van der Waals surface area contributed by atoms with Crippen LogP contribution in [0.15, 0.2) is 84.0 Å². The van der Waals surface area contributed by atoms with E-state index in [2.05, 4.69) is 5.16 Å². The Morgan fingerprint density at radius 2 is 1.74 bits per heavy atom. The number of nitrogens with two attached hydrogens (primary N) is 1. The number of aryl methyl sites for hydroxylation is 1. The molecule has 0 bridgehead atoms. The van der Waals surface area contributed by atoms with Gasteiger partial charge in [-0.2, -0.15) is 0 Å². The number of carbonyl (C=O) groups is 2. The van der Waals surface area contributed by atoms with Crippen LogP contribution in [0.1, 0.15) is 40.4 Å². The molecule has 35 heavy (non-hydrogen) atoms. The van der Waals surface area contributed by atoms with Crippen LogP contribution in [0.25, 0.3) is 11.1 Å². The summed E-state index contributed by atoms with van der Waals surface area (Å²) in [5.74, 6) is -1.05. The highest BCUT2D eigenvalue weighted by molar-refractivity contribution is 6.07. The van der Waals surface area contributed by atoms with Crippen LogP contribution >= 0.6 is 0 Å². The van der Waals surface area contributed by atoms with Crippen molar-refractivity contribution in [2.75, 3.05) is 13.7 Å². The maximum Gasteiger partial charge on any atom is 0.255 e. The van der Waals surface area contributed by atoms with Gasteiger partial charge < -0.3 is 20.6 Å². The van der Waals surface area contributed by atoms with E-state index in [4.69, 9.17) is 10.6 Å². The van der Waals surface area contributed by atoms with Crippen LogP contribution < -0.4 is 5.73 Å². The van der Waals surface area contributed by atoms with E-state index in [0.29, 0.717) is 16.8 Å². The number of aliphatic hydroxyl groups is 1. The van der Waals surface area contributed by atoms with E-state index in [1.807, 2.05) is 67.6 Å². The first-order valence-corrected chi connectivity index (χ1v) is 11.5. The Bertz CT molecular complexity index is 1240. The van der Waals surface area contributed by atoms with Gasteiger partial charge in [0.25, 0.3) is 5.91 Å². The number of likely N-dealkylation sites (tertiary alicyclic amines) is 1. The molecule has 0 radical (unpaired) electrons. The van der Waals surface area contributed by atoms with Crippen molar-refractivity contribution in [1.82, 2.24) is 4.90 Å². The number of rotatable bonds is 7. The average molecular weight is 472 g/mol. The highest BCUT2D eigenvalue weighted by atomic mass is 16.6. The predicted octanol–water partition coefficient (Wildman–Crippen LogP) is 3.86. The maximum atomic E-state index is 13.8. The number of amides is 2. The first-order chi connectivity index (χ1) is 16.9. The molecule has 1 aliphatic rings. The summed E-state index contributed by atoms with van der Waals surface area (Å²) in [6.07, 6.45) is -0.961. The summed E-state index contributed by atoms with van der Waals surface area (Å²) in [7, 11) is 1.41. The number of nitrogens with zero attached hydrogens (tertiary/aromatic N) is 2. The van der Waals surface area contributed by atoms with Crippen molar-refractivity contribution in [3.63, 3.8) is 0 Å². The molecule has 1 heterocycles. The zero-order chi connectivity index (χ0) is 25.0. The minimum atomic E-state index is -1.45. The SMILES string of the molecule is CON=C1CN(C(=O)c2ccc(-c3ccccc3)c(C)c2)[C@@](C[C@H](O)c2ccccc2)(C(N)=O)C1. The Kier molecular flexibility index (Phi) is 6.98. The molecule has 2 amide bonds. The van der Waals surface area contributed by atoms with Gasteiger partial charge in [0.1, 0.15) is 12.6 Å². The molecule has 1 aliphatic heterocycles. The normalized spacial score (nSPS) is 19.5. The zero-order valence-electron chi connectivity index (χ0n) is 19.8. The second-order valence-electron chi connectivity index (χ2n) is 8.83. The lowest BCUT2D eigenvalue weighted by Gasteiger charge is -2.37. The van der Waals surface area contributed by atoms with Crippen molar-refractivity contribution in [1.29, 1.82) is 0 Å². The molecule has 180 valence electrons. The molecule has 0 saturated carbocycles. The molecule has 2 atom stereocenters. The highest BCUT2D eigenvalue weighted by Crippen LogP contribution is 2.38. The number of benzene rings is 3. The largest absolute Gasteiger partial charge is 0.399 e. The Morgan fingerprint density at radius 1 is 1.09 bits per heavy atom. The fourth-order valence-corrected chi connectivity index (χ4v) is 4.79.